The van der Waals surface area contributed by atoms with E-state index in [9.17, 15) is 23.1 Å². The maximum atomic E-state index is 12.5. The highest BCUT2D eigenvalue weighted by Gasteiger charge is 2.25. The molecule has 2 aromatic carbocycles. The predicted molar refractivity (Wildman–Crippen MR) is 123 cm³/mol. The van der Waals surface area contributed by atoms with Gasteiger partial charge < -0.3 is 18.9 Å². The molecule has 0 saturated heterocycles. The molecular formula is C23H27NO9S. The van der Waals surface area contributed by atoms with Crippen molar-refractivity contribution in [2.45, 2.75) is 33.0 Å². The van der Waals surface area contributed by atoms with E-state index in [0.717, 1.165) is 9.87 Å². The number of anilines is 1. The Bertz CT molecular complexity index is 1030. The lowest BCUT2D eigenvalue weighted by Crippen LogP contribution is -2.36. The van der Waals surface area contributed by atoms with Crippen LogP contribution in [0.1, 0.15) is 36.7 Å². The molecule has 1 unspecified atom stereocenters. The van der Waals surface area contributed by atoms with Crippen molar-refractivity contribution in [2.24, 2.45) is 0 Å². The number of rotatable bonds is 10. The van der Waals surface area contributed by atoms with E-state index in [2.05, 4.69) is 0 Å². The van der Waals surface area contributed by atoms with Gasteiger partial charge in [-0.2, -0.15) is 0 Å². The summed E-state index contributed by atoms with van der Waals surface area (Å²) in [6.07, 6.45) is 0. The molecule has 1 N–H and O–H groups in total. The van der Waals surface area contributed by atoms with Gasteiger partial charge in [0.1, 0.15) is 24.5 Å². The molecule has 0 aromatic heterocycles. The van der Waals surface area contributed by atoms with E-state index < -0.39 is 47.9 Å². The van der Waals surface area contributed by atoms with E-state index >= 15 is 0 Å². The first-order valence-corrected chi connectivity index (χ1v) is 11.2. The van der Waals surface area contributed by atoms with Crippen LogP contribution >= 0.6 is 0 Å². The topological polar surface area (TPSA) is 129 Å². The van der Waals surface area contributed by atoms with E-state index in [4.69, 9.17) is 18.9 Å². The van der Waals surface area contributed by atoms with Crippen LogP contribution in [0.15, 0.2) is 48.5 Å². The third-order valence-corrected chi connectivity index (χ3v) is 4.83. The first kappa shape index (κ1) is 26.8. The Morgan fingerprint density at radius 2 is 1.68 bits per heavy atom. The van der Waals surface area contributed by atoms with Gasteiger partial charge >= 0.3 is 17.9 Å². The molecule has 0 radical (unpaired) electrons. The van der Waals surface area contributed by atoms with Crippen LogP contribution in [-0.4, -0.2) is 52.5 Å². The van der Waals surface area contributed by atoms with Crippen LogP contribution in [-0.2, 0) is 41.7 Å². The molecule has 10 nitrogen and oxygen atoms in total. The number of esters is 3. The molecule has 0 aliphatic rings. The molecule has 0 aliphatic carbocycles. The summed E-state index contributed by atoms with van der Waals surface area (Å²) >= 11 is -2.64. The summed E-state index contributed by atoms with van der Waals surface area (Å²) in [5, 5.41) is 0. The van der Waals surface area contributed by atoms with Gasteiger partial charge in [0.15, 0.2) is 6.61 Å². The average Bonchev–Trinajstić information content (AvgIpc) is 2.78. The zero-order valence-electron chi connectivity index (χ0n) is 19.3. The summed E-state index contributed by atoms with van der Waals surface area (Å²) in [5.74, 6) is -2.24. The zero-order chi connectivity index (χ0) is 25.3. The van der Waals surface area contributed by atoms with Gasteiger partial charge in [0.05, 0.1) is 18.4 Å². The fraction of sp³-hybridized carbons (Fsp3) is 0.348. The number of hydrogen-bond acceptors (Lipinski definition) is 8. The maximum absolute atomic E-state index is 12.5. The summed E-state index contributed by atoms with van der Waals surface area (Å²) in [5.41, 5.74) is -0.0736. The van der Waals surface area contributed by atoms with Crippen LogP contribution in [0.25, 0.3) is 0 Å². The summed E-state index contributed by atoms with van der Waals surface area (Å²) in [6, 6.07) is 12.9. The Morgan fingerprint density at radius 1 is 1.00 bits per heavy atom. The van der Waals surface area contributed by atoms with E-state index in [1.165, 1.54) is 25.3 Å². The van der Waals surface area contributed by atoms with E-state index in [0.29, 0.717) is 0 Å². The minimum absolute atomic E-state index is 0.0182. The second kappa shape index (κ2) is 12.1. The minimum atomic E-state index is -2.64. The third kappa shape index (κ3) is 8.49. The average molecular weight is 494 g/mol. The van der Waals surface area contributed by atoms with Crippen molar-refractivity contribution < 1.29 is 42.1 Å². The Morgan fingerprint density at radius 3 is 2.26 bits per heavy atom. The zero-order valence-corrected chi connectivity index (χ0v) is 20.1. The van der Waals surface area contributed by atoms with E-state index in [-0.39, 0.29) is 23.6 Å². The molecule has 0 aliphatic heterocycles. The number of benzene rings is 2. The van der Waals surface area contributed by atoms with Crippen molar-refractivity contribution in [1.29, 1.82) is 0 Å². The smallest absolute Gasteiger partial charge is 0.344 e. The van der Waals surface area contributed by atoms with Crippen molar-refractivity contribution >= 4 is 34.9 Å². The highest BCUT2D eigenvalue weighted by atomic mass is 32.2. The van der Waals surface area contributed by atoms with Gasteiger partial charge in [0, 0.05) is 0 Å². The number of nitrogens with zero attached hydrogens (tertiary/aromatic N) is 1. The minimum Gasteiger partial charge on any atom is -0.495 e. The van der Waals surface area contributed by atoms with Gasteiger partial charge in [-0.05, 0) is 44.5 Å². The largest absolute Gasteiger partial charge is 0.495 e. The second-order valence-corrected chi connectivity index (χ2v) is 8.87. The molecule has 2 rings (SSSR count). The van der Waals surface area contributed by atoms with Gasteiger partial charge in [0.2, 0.25) is 0 Å². The van der Waals surface area contributed by atoms with E-state index in [1.807, 2.05) is 6.07 Å². The molecular weight excluding hydrogens is 466 g/mol. The summed E-state index contributed by atoms with van der Waals surface area (Å²) in [4.78, 5) is 36.6. The van der Waals surface area contributed by atoms with Crippen LogP contribution in [0, 0.1) is 0 Å². The van der Waals surface area contributed by atoms with Gasteiger partial charge in [-0.1, -0.05) is 30.3 Å². The van der Waals surface area contributed by atoms with Gasteiger partial charge in [-0.3, -0.25) is 13.7 Å². The normalized spacial score (nSPS) is 11.8. The van der Waals surface area contributed by atoms with Crippen molar-refractivity contribution in [2.75, 3.05) is 24.6 Å². The molecule has 0 heterocycles. The van der Waals surface area contributed by atoms with E-state index in [1.54, 1.807) is 45.0 Å². The van der Waals surface area contributed by atoms with Crippen LogP contribution in [0.3, 0.4) is 0 Å². The molecule has 0 saturated carbocycles. The maximum Gasteiger partial charge on any atom is 0.344 e. The molecule has 184 valence electrons. The third-order valence-electron chi connectivity index (χ3n) is 4.13. The molecule has 11 heteroatoms. The molecule has 0 bridgehead atoms. The van der Waals surface area contributed by atoms with Crippen LogP contribution in [0.5, 0.6) is 5.75 Å². The lowest BCUT2D eigenvalue weighted by molar-refractivity contribution is -0.152. The summed E-state index contributed by atoms with van der Waals surface area (Å²) in [7, 11) is 1.32. The van der Waals surface area contributed by atoms with Crippen molar-refractivity contribution in [3.05, 3.63) is 59.7 Å². The Balaban J connectivity index is 2.09. The number of hydrogen-bond donors (Lipinski definition) is 1. The van der Waals surface area contributed by atoms with Crippen LogP contribution in [0.2, 0.25) is 0 Å². The lowest BCUT2D eigenvalue weighted by atomic mass is 10.2. The molecule has 0 amide bonds. The Labute approximate surface area is 200 Å². The number of ether oxygens (including phenoxy) is 4. The quantitative estimate of drug-likeness (QED) is 0.302. The van der Waals surface area contributed by atoms with Crippen LogP contribution in [0.4, 0.5) is 5.69 Å². The highest BCUT2D eigenvalue weighted by Crippen LogP contribution is 2.30. The fourth-order valence-corrected chi connectivity index (χ4v) is 3.24. The number of carbonyl (C=O) groups excluding carboxylic acids is 3. The van der Waals surface area contributed by atoms with Crippen molar-refractivity contribution in [3.8, 4) is 5.75 Å². The number of methoxy groups -OCH3 is 1. The standard InChI is InChI=1S/C23H27NO9S/c1-23(2,3)33-20(25)13-24(34(28)29)18-12-17(10-11-19(18)30-4)22(27)32-15-21(26)31-14-16-8-6-5-7-9-16/h5-12H,13-15H2,1-4H3,(H,28,29). The second-order valence-electron chi connectivity index (χ2n) is 7.96. The van der Waals surface area contributed by atoms with Crippen LogP contribution < -0.4 is 9.04 Å². The van der Waals surface area contributed by atoms with Gasteiger partial charge in [0.25, 0.3) is 11.3 Å². The monoisotopic (exact) mass is 493 g/mol. The summed E-state index contributed by atoms with van der Waals surface area (Å²) in [6.45, 7) is 3.81. The molecule has 0 spiro atoms. The van der Waals surface area contributed by atoms with Crippen molar-refractivity contribution in [1.82, 2.24) is 0 Å². The molecule has 2 aromatic rings. The molecule has 1 atom stereocenters. The Kier molecular flexibility index (Phi) is 9.58. The fourth-order valence-electron chi connectivity index (χ4n) is 2.71. The molecule has 0 fully saturated rings. The highest BCUT2D eigenvalue weighted by molar-refractivity contribution is 7.80. The van der Waals surface area contributed by atoms with Gasteiger partial charge in [-0.25, -0.2) is 13.8 Å². The summed E-state index contributed by atoms with van der Waals surface area (Å²) < 4.78 is 43.0. The molecule has 34 heavy (non-hydrogen) atoms. The lowest BCUT2D eigenvalue weighted by Gasteiger charge is -2.25. The first-order valence-electron chi connectivity index (χ1n) is 10.1. The predicted octanol–water partition coefficient (Wildman–Crippen LogP) is 2.88. The number of carbonyl (C=O) groups is 3. The SMILES string of the molecule is COc1ccc(C(=O)OCC(=O)OCc2ccccc2)cc1N(CC(=O)OC(C)(C)C)S(=O)O. The Hall–Kier alpha value is -3.44. The van der Waals surface area contributed by atoms with Crippen molar-refractivity contribution in [3.63, 3.8) is 0 Å². The first-order chi connectivity index (χ1) is 16.0. The van der Waals surface area contributed by atoms with Gasteiger partial charge in [-0.15, -0.1) is 0 Å².